The molecule has 0 saturated carbocycles. The number of carbonyl (C=O) groups is 1. The smallest absolute Gasteiger partial charge is 0.260 e. The van der Waals surface area contributed by atoms with E-state index in [0.717, 1.165) is 44.0 Å². The van der Waals surface area contributed by atoms with Crippen LogP contribution in [0.4, 0.5) is 5.69 Å². The number of carbonyl (C=O) groups excluding carboxylic acids is 1. The zero-order valence-corrected chi connectivity index (χ0v) is 21.1. The average molecular weight is 509 g/mol. The molecule has 0 aliphatic heterocycles. The number of benzene rings is 3. The molecule has 180 valence electrons. The normalized spacial score (nSPS) is 11.8. The van der Waals surface area contributed by atoms with Crippen molar-refractivity contribution >= 4 is 50.2 Å². The second-order valence-electron chi connectivity index (χ2n) is 8.20. The van der Waals surface area contributed by atoms with E-state index in [-0.39, 0.29) is 0 Å². The third-order valence-electron chi connectivity index (χ3n) is 5.67. The van der Waals surface area contributed by atoms with Gasteiger partial charge in [0.05, 0.1) is 18.2 Å². The van der Waals surface area contributed by atoms with Crippen molar-refractivity contribution in [1.82, 2.24) is 9.99 Å². The van der Waals surface area contributed by atoms with Crippen LogP contribution in [-0.2, 0) is 14.8 Å². The topological polar surface area (TPSA) is 83.8 Å². The Bertz CT molecular complexity index is 1520. The standard InChI is InChI=1S/C26H25ClN4O3S/c1-18-15-21(19(2)31(18)23-13-11-22(27)12-14-23)16-28-29-26(32)17-30(35(3,33)34)25-10-6-8-20-7-4-5-9-24(20)25/h4-16H,17H2,1-3H3,(H,29,32)/b28-16-. The number of hydrogen-bond donors (Lipinski definition) is 1. The molecule has 35 heavy (non-hydrogen) atoms. The quantitative estimate of drug-likeness (QED) is 0.287. The van der Waals surface area contributed by atoms with Gasteiger partial charge < -0.3 is 4.57 Å². The van der Waals surface area contributed by atoms with Gasteiger partial charge in [-0.15, -0.1) is 0 Å². The summed E-state index contributed by atoms with van der Waals surface area (Å²) in [5.41, 5.74) is 6.62. The molecule has 4 aromatic rings. The molecule has 3 aromatic carbocycles. The summed E-state index contributed by atoms with van der Waals surface area (Å²) in [6.07, 6.45) is 2.63. The van der Waals surface area contributed by atoms with Crippen molar-refractivity contribution in [3.8, 4) is 5.69 Å². The fourth-order valence-corrected chi connectivity index (χ4v) is 5.05. The summed E-state index contributed by atoms with van der Waals surface area (Å²) in [6.45, 7) is 3.54. The molecule has 9 heteroatoms. The molecule has 0 aliphatic carbocycles. The van der Waals surface area contributed by atoms with Crippen LogP contribution in [0.5, 0.6) is 0 Å². The first kappa shape index (κ1) is 24.5. The minimum absolute atomic E-state index is 0.395. The summed E-state index contributed by atoms with van der Waals surface area (Å²) in [5, 5.41) is 6.36. The van der Waals surface area contributed by atoms with Crippen LogP contribution in [0.15, 0.2) is 77.9 Å². The molecule has 1 heterocycles. The Hall–Kier alpha value is -3.62. The number of anilines is 1. The van der Waals surface area contributed by atoms with E-state index in [9.17, 15) is 13.2 Å². The van der Waals surface area contributed by atoms with Crippen molar-refractivity contribution in [2.45, 2.75) is 13.8 Å². The lowest BCUT2D eigenvalue weighted by atomic mass is 10.1. The van der Waals surface area contributed by atoms with E-state index in [1.54, 1.807) is 18.3 Å². The van der Waals surface area contributed by atoms with Crippen molar-refractivity contribution in [3.63, 3.8) is 0 Å². The lowest BCUT2D eigenvalue weighted by molar-refractivity contribution is -0.119. The maximum Gasteiger partial charge on any atom is 0.260 e. The zero-order valence-electron chi connectivity index (χ0n) is 19.6. The van der Waals surface area contributed by atoms with Crippen LogP contribution < -0.4 is 9.73 Å². The predicted molar refractivity (Wildman–Crippen MR) is 142 cm³/mol. The van der Waals surface area contributed by atoms with E-state index in [1.807, 2.05) is 74.5 Å². The molecule has 0 bridgehead atoms. The van der Waals surface area contributed by atoms with Crippen LogP contribution in [0, 0.1) is 13.8 Å². The van der Waals surface area contributed by atoms with Crippen LogP contribution in [0.2, 0.25) is 5.02 Å². The minimum Gasteiger partial charge on any atom is -0.318 e. The molecular weight excluding hydrogens is 484 g/mol. The van der Waals surface area contributed by atoms with Gasteiger partial charge >= 0.3 is 0 Å². The first-order valence-electron chi connectivity index (χ1n) is 10.9. The molecule has 0 fully saturated rings. The summed E-state index contributed by atoms with van der Waals surface area (Å²) >= 11 is 6.00. The van der Waals surface area contributed by atoms with Gasteiger partial charge in [0.2, 0.25) is 10.0 Å². The van der Waals surface area contributed by atoms with Gasteiger partial charge in [-0.1, -0.05) is 48.0 Å². The lowest BCUT2D eigenvalue weighted by Crippen LogP contribution is -2.39. The maximum absolute atomic E-state index is 12.7. The fourth-order valence-electron chi connectivity index (χ4n) is 4.05. The highest BCUT2D eigenvalue weighted by molar-refractivity contribution is 7.92. The first-order valence-corrected chi connectivity index (χ1v) is 13.1. The molecule has 0 saturated heterocycles. The molecule has 1 aromatic heterocycles. The molecule has 0 radical (unpaired) electrons. The van der Waals surface area contributed by atoms with Gasteiger partial charge in [-0.3, -0.25) is 9.10 Å². The number of aryl methyl sites for hydroxylation is 1. The van der Waals surface area contributed by atoms with Gasteiger partial charge in [0, 0.05) is 33.0 Å². The van der Waals surface area contributed by atoms with Gasteiger partial charge in [-0.2, -0.15) is 5.10 Å². The molecule has 0 unspecified atom stereocenters. The van der Waals surface area contributed by atoms with E-state index in [0.29, 0.717) is 10.7 Å². The van der Waals surface area contributed by atoms with Crippen LogP contribution in [-0.4, -0.2) is 37.9 Å². The molecule has 7 nitrogen and oxygen atoms in total. The summed E-state index contributed by atoms with van der Waals surface area (Å²) in [6, 6.07) is 22.2. The van der Waals surface area contributed by atoms with Gasteiger partial charge in [0.25, 0.3) is 5.91 Å². The molecule has 0 atom stereocenters. The van der Waals surface area contributed by atoms with Gasteiger partial charge in [-0.05, 0) is 55.6 Å². The van der Waals surface area contributed by atoms with E-state index in [1.165, 1.54) is 0 Å². The molecule has 1 amide bonds. The number of fused-ring (bicyclic) bond motifs is 1. The predicted octanol–water partition coefficient (Wildman–Crippen LogP) is 4.82. The summed E-state index contributed by atoms with van der Waals surface area (Å²) in [5.74, 6) is -0.550. The van der Waals surface area contributed by atoms with Crippen molar-refractivity contribution < 1.29 is 13.2 Å². The van der Waals surface area contributed by atoms with E-state index in [4.69, 9.17) is 11.6 Å². The average Bonchev–Trinajstić information content (AvgIpc) is 3.10. The molecular formula is C26H25ClN4O3S. The number of nitrogens with one attached hydrogen (secondary N) is 1. The van der Waals surface area contributed by atoms with Gasteiger partial charge in [0.1, 0.15) is 6.54 Å². The number of nitrogens with zero attached hydrogens (tertiary/aromatic N) is 3. The monoisotopic (exact) mass is 508 g/mol. The highest BCUT2D eigenvalue weighted by atomic mass is 35.5. The third-order valence-corrected chi connectivity index (χ3v) is 7.05. The minimum atomic E-state index is -3.72. The number of aromatic nitrogens is 1. The second-order valence-corrected chi connectivity index (χ2v) is 10.5. The summed E-state index contributed by atoms with van der Waals surface area (Å²) in [7, 11) is -3.72. The molecule has 0 spiro atoms. The zero-order chi connectivity index (χ0) is 25.2. The maximum atomic E-state index is 12.7. The fraction of sp³-hybridized carbons (Fsp3) is 0.154. The number of rotatable bonds is 7. The Morgan fingerprint density at radius 1 is 1.06 bits per heavy atom. The Kier molecular flexibility index (Phi) is 6.95. The number of hydrazone groups is 1. The van der Waals surface area contributed by atoms with E-state index >= 15 is 0 Å². The first-order chi connectivity index (χ1) is 16.6. The molecule has 0 aliphatic rings. The van der Waals surface area contributed by atoms with Gasteiger partial charge in [0.15, 0.2) is 0 Å². The number of amides is 1. The lowest BCUT2D eigenvalue weighted by Gasteiger charge is -2.23. The van der Waals surface area contributed by atoms with Crippen LogP contribution in [0.1, 0.15) is 17.0 Å². The number of hydrogen-bond acceptors (Lipinski definition) is 4. The van der Waals surface area contributed by atoms with E-state index < -0.39 is 22.5 Å². The number of sulfonamides is 1. The van der Waals surface area contributed by atoms with E-state index in [2.05, 4.69) is 15.1 Å². The highest BCUT2D eigenvalue weighted by Crippen LogP contribution is 2.28. The van der Waals surface area contributed by atoms with Crippen LogP contribution in [0.3, 0.4) is 0 Å². The van der Waals surface area contributed by atoms with Gasteiger partial charge in [-0.25, -0.2) is 13.8 Å². The highest BCUT2D eigenvalue weighted by Gasteiger charge is 2.22. The van der Waals surface area contributed by atoms with Crippen molar-refractivity contribution in [2.75, 3.05) is 17.1 Å². The molecule has 4 rings (SSSR count). The van der Waals surface area contributed by atoms with Crippen molar-refractivity contribution in [1.29, 1.82) is 0 Å². The third kappa shape index (κ3) is 5.39. The summed E-state index contributed by atoms with van der Waals surface area (Å²) < 4.78 is 28.2. The largest absolute Gasteiger partial charge is 0.318 e. The Morgan fingerprint density at radius 3 is 2.46 bits per heavy atom. The van der Waals surface area contributed by atoms with Crippen molar-refractivity contribution in [2.24, 2.45) is 5.10 Å². The Labute approximate surface area is 209 Å². The second kappa shape index (κ2) is 9.93. The Balaban J connectivity index is 1.52. The summed E-state index contributed by atoms with van der Waals surface area (Å²) in [4.78, 5) is 12.7. The molecule has 1 N–H and O–H groups in total. The van der Waals surface area contributed by atoms with Crippen LogP contribution >= 0.6 is 11.6 Å². The van der Waals surface area contributed by atoms with Crippen molar-refractivity contribution in [3.05, 3.63) is 94.8 Å². The number of halogens is 1. The van der Waals surface area contributed by atoms with Crippen LogP contribution in [0.25, 0.3) is 16.5 Å². The SMILES string of the molecule is Cc1cc(/C=N\NC(=O)CN(c2cccc3ccccc23)S(C)(=O)=O)c(C)n1-c1ccc(Cl)cc1. The Morgan fingerprint density at radius 2 is 1.74 bits per heavy atom.